The highest BCUT2D eigenvalue weighted by molar-refractivity contribution is 7.89. The third-order valence-electron chi connectivity index (χ3n) is 5.50. The summed E-state index contributed by atoms with van der Waals surface area (Å²) in [6, 6.07) is 12.3. The van der Waals surface area contributed by atoms with Gasteiger partial charge in [-0.3, -0.25) is 4.98 Å². The van der Waals surface area contributed by atoms with Crippen molar-refractivity contribution in [3.63, 3.8) is 0 Å². The van der Waals surface area contributed by atoms with Gasteiger partial charge in [0.15, 0.2) is 23.1 Å². The number of pyridine rings is 1. The maximum absolute atomic E-state index is 13.2. The number of nitrogens with one attached hydrogen (secondary N) is 1. The summed E-state index contributed by atoms with van der Waals surface area (Å²) in [6.45, 7) is 2.82. The Labute approximate surface area is 192 Å². The van der Waals surface area contributed by atoms with Crippen LogP contribution in [-0.2, 0) is 10.0 Å². The molecule has 1 aromatic carbocycles. The lowest BCUT2D eigenvalue weighted by Gasteiger charge is -2.34. The van der Waals surface area contributed by atoms with Gasteiger partial charge < -0.3 is 19.7 Å². The molecule has 0 atom stereocenters. The standard InChI is InChI=1S/C22H24N6O4S/c29-33(30,18-4-5-19-20(15-18)32-14-2-13-31-19)28-11-9-27(10-12-28)22-7-6-21(25-26-22)24-17-3-1-8-23-16-17/h1,3-8,15-16H,2,9-14H2,(H,24,25). The van der Waals surface area contributed by atoms with Crippen LogP contribution in [0.3, 0.4) is 0 Å². The predicted molar refractivity (Wildman–Crippen MR) is 123 cm³/mol. The Morgan fingerprint density at radius 3 is 2.45 bits per heavy atom. The van der Waals surface area contributed by atoms with E-state index >= 15 is 0 Å². The zero-order valence-corrected chi connectivity index (χ0v) is 18.7. The topological polar surface area (TPSA) is 110 Å². The van der Waals surface area contributed by atoms with Crippen molar-refractivity contribution in [3.05, 3.63) is 54.9 Å². The van der Waals surface area contributed by atoms with Crippen molar-refractivity contribution in [1.82, 2.24) is 19.5 Å². The number of sulfonamides is 1. The maximum atomic E-state index is 13.2. The molecule has 0 unspecified atom stereocenters. The van der Waals surface area contributed by atoms with E-state index in [4.69, 9.17) is 9.47 Å². The van der Waals surface area contributed by atoms with Crippen LogP contribution in [0.2, 0.25) is 0 Å². The second-order valence-corrected chi connectivity index (χ2v) is 9.63. The van der Waals surface area contributed by atoms with E-state index in [-0.39, 0.29) is 4.90 Å². The first-order valence-electron chi connectivity index (χ1n) is 10.8. The fourth-order valence-electron chi connectivity index (χ4n) is 3.76. The average Bonchev–Trinajstić information content (AvgIpc) is 3.10. The van der Waals surface area contributed by atoms with Crippen LogP contribution in [0.15, 0.2) is 59.8 Å². The van der Waals surface area contributed by atoms with E-state index in [9.17, 15) is 8.42 Å². The lowest BCUT2D eigenvalue weighted by atomic mass is 10.3. The highest BCUT2D eigenvalue weighted by Gasteiger charge is 2.30. The van der Waals surface area contributed by atoms with Gasteiger partial charge in [0.1, 0.15) is 0 Å². The molecule has 0 aliphatic carbocycles. The van der Waals surface area contributed by atoms with Gasteiger partial charge in [-0.2, -0.15) is 4.31 Å². The van der Waals surface area contributed by atoms with Crippen LogP contribution in [0.4, 0.5) is 17.3 Å². The van der Waals surface area contributed by atoms with Crippen LogP contribution in [-0.4, -0.2) is 67.3 Å². The molecular formula is C22H24N6O4S. The van der Waals surface area contributed by atoms with Crippen molar-refractivity contribution in [3.8, 4) is 11.5 Å². The Balaban J connectivity index is 1.23. The van der Waals surface area contributed by atoms with Crippen LogP contribution < -0.4 is 19.7 Å². The van der Waals surface area contributed by atoms with Gasteiger partial charge in [0, 0.05) is 44.9 Å². The van der Waals surface area contributed by atoms with Crippen LogP contribution in [0, 0.1) is 0 Å². The van der Waals surface area contributed by atoms with Gasteiger partial charge in [-0.05, 0) is 36.4 Å². The Hall–Kier alpha value is -3.44. The van der Waals surface area contributed by atoms with Crippen LogP contribution >= 0.6 is 0 Å². The molecule has 0 amide bonds. The summed E-state index contributed by atoms with van der Waals surface area (Å²) in [5, 5.41) is 11.7. The molecule has 0 saturated carbocycles. The highest BCUT2D eigenvalue weighted by Crippen LogP contribution is 2.33. The van der Waals surface area contributed by atoms with E-state index < -0.39 is 10.0 Å². The number of rotatable bonds is 5. The lowest BCUT2D eigenvalue weighted by Crippen LogP contribution is -2.49. The number of nitrogens with zero attached hydrogens (tertiary/aromatic N) is 5. The minimum atomic E-state index is -3.64. The SMILES string of the molecule is O=S(=O)(c1ccc2c(c1)OCCCO2)N1CCN(c2ccc(Nc3cccnc3)nn2)CC1. The normalized spacial score (nSPS) is 16.8. The van der Waals surface area contributed by atoms with Gasteiger partial charge in [0.2, 0.25) is 10.0 Å². The number of fused-ring (bicyclic) bond motifs is 1. The Morgan fingerprint density at radius 2 is 1.73 bits per heavy atom. The predicted octanol–water partition coefficient (Wildman–Crippen LogP) is 2.29. The van der Waals surface area contributed by atoms with Gasteiger partial charge >= 0.3 is 0 Å². The third-order valence-corrected chi connectivity index (χ3v) is 7.40. The summed E-state index contributed by atoms with van der Waals surface area (Å²) in [5.74, 6) is 2.38. The quantitative estimate of drug-likeness (QED) is 0.603. The van der Waals surface area contributed by atoms with Gasteiger partial charge in [-0.15, -0.1) is 10.2 Å². The van der Waals surface area contributed by atoms with E-state index in [2.05, 4.69) is 20.5 Å². The molecule has 0 bridgehead atoms. The second-order valence-electron chi connectivity index (χ2n) is 7.69. The van der Waals surface area contributed by atoms with Gasteiger partial charge in [-0.1, -0.05) is 0 Å². The summed E-state index contributed by atoms with van der Waals surface area (Å²) in [6.07, 6.45) is 4.18. The van der Waals surface area contributed by atoms with Crippen molar-refractivity contribution in [2.75, 3.05) is 49.6 Å². The van der Waals surface area contributed by atoms with Crippen molar-refractivity contribution in [2.45, 2.75) is 11.3 Å². The Bertz CT molecular complexity index is 1200. The molecule has 10 nitrogen and oxygen atoms in total. The van der Waals surface area contributed by atoms with Crippen LogP contribution in [0.5, 0.6) is 11.5 Å². The molecule has 2 aliphatic heterocycles. The molecule has 11 heteroatoms. The summed E-state index contributed by atoms with van der Waals surface area (Å²) >= 11 is 0. The van der Waals surface area contributed by atoms with Crippen molar-refractivity contribution in [1.29, 1.82) is 0 Å². The third kappa shape index (κ3) is 4.69. The molecule has 1 fully saturated rings. The molecule has 3 aromatic rings. The zero-order valence-electron chi connectivity index (χ0n) is 17.9. The van der Waals surface area contributed by atoms with Crippen molar-refractivity contribution in [2.24, 2.45) is 0 Å². The first kappa shape index (κ1) is 21.4. The first-order chi connectivity index (χ1) is 16.1. The molecule has 2 aromatic heterocycles. The maximum Gasteiger partial charge on any atom is 0.243 e. The number of hydrogen-bond donors (Lipinski definition) is 1. The summed E-state index contributed by atoms with van der Waals surface area (Å²) in [5.41, 5.74) is 0.827. The van der Waals surface area contributed by atoms with Crippen LogP contribution in [0.1, 0.15) is 6.42 Å². The molecule has 33 heavy (non-hydrogen) atoms. The van der Waals surface area contributed by atoms with Gasteiger partial charge in [0.05, 0.1) is 30.0 Å². The monoisotopic (exact) mass is 468 g/mol. The molecule has 1 N–H and O–H groups in total. The molecule has 172 valence electrons. The number of piperazine rings is 1. The summed E-state index contributed by atoms with van der Waals surface area (Å²) in [4.78, 5) is 6.30. The number of hydrogen-bond acceptors (Lipinski definition) is 9. The van der Waals surface area contributed by atoms with E-state index in [1.165, 1.54) is 4.31 Å². The molecule has 0 radical (unpaired) electrons. The van der Waals surface area contributed by atoms with Gasteiger partial charge in [0.25, 0.3) is 0 Å². The molecular weight excluding hydrogens is 444 g/mol. The van der Waals surface area contributed by atoms with Crippen molar-refractivity contribution >= 4 is 27.3 Å². The minimum Gasteiger partial charge on any atom is -0.490 e. The average molecular weight is 469 g/mol. The largest absolute Gasteiger partial charge is 0.490 e. The van der Waals surface area contributed by atoms with E-state index in [0.29, 0.717) is 62.5 Å². The first-order valence-corrected chi connectivity index (χ1v) is 12.2. The number of ether oxygens (including phenoxy) is 2. The van der Waals surface area contributed by atoms with Crippen LogP contribution in [0.25, 0.3) is 0 Å². The van der Waals surface area contributed by atoms with E-state index in [0.717, 1.165) is 12.1 Å². The molecule has 0 spiro atoms. The molecule has 5 rings (SSSR count). The van der Waals surface area contributed by atoms with E-state index in [1.807, 2.05) is 29.2 Å². The second kappa shape index (κ2) is 9.20. The fourth-order valence-corrected chi connectivity index (χ4v) is 5.19. The highest BCUT2D eigenvalue weighted by atomic mass is 32.2. The zero-order chi connectivity index (χ0) is 22.7. The van der Waals surface area contributed by atoms with Gasteiger partial charge in [-0.25, -0.2) is 8.42 Å². The Morgan fingerprint density at radius 1 is 0.909 bits per heavy atom. The lowest BCUT2D eigenvalue weighted by molar-refractivity contribution is 0.296. The van der Waals surface area contributed by atoms with Crippen molar-refractivity contribution < 1.29 is 17.9 Å². The number of anilines is 3. The molecule has 1 saturated heterocycles. The Kier molecular flexibility index (Phi) is 5.97. The number of aromatic nitrogens is 3. The minimum absolute atomic E-state index is 0.214. The molecule has 4 heterocycles. The summed E-state index contributed by atoms with van der Waals surface area (Å²) in [7, 11) is -3.64. The fraction of sp³-hybridized carbons (Fsp3) is 0.318. The summed E-state index contributed by atoms with van der Waals surface area (Å²) < 4.78 is 39.1. The smallest absolute Gasteiger partial charge is 0.243 e. The number of benzene rings is 1. The molecule has 2 aliphatic rings. The van der Waals surface area contributed by atoms with E-state index in [1.54, 1.807) is 30.6 Å².